The third-order valence-corrected chi connectivity index (χ3v) is 5.01. The number of amides is 3. The van der Waals surface area contributed by atoms with Crippen LogP contribution in [0, 0.1) is 5.92 Å². The summed E-state index contributed by atoms with van der Waals surface area (Å²) in [6.07, 6.45) is -2.72. The summed E-state index contributed by atoms with van der Waals surface area (Å²) in [5.74, 6) is -0.0629. The zero-order chi connectivity index (χ0) is 24.1. The number of nitrogens with zero attached hydrogens (tertiary/aromatic N) is 3. The normalized spacial score (nSPS) is 11.7. The van der Waals surface area contributed by atoms with Crippen molar-refractivity contribution in [3.05, 3.63) is 53.9 Å². The van der Waals surface area contributed by atoms with E-state index in [2.05, 4.69) is 5.32 Å². The Bertz CT molecular complexity index is 922. The van der Waals surface area contributed by atoms with E-state index in [0.717, 1.165) is 11.8 Å². The molecular formula is C23H31F3N4O2. The summed E-state index contributed by atoms with van der Waals surface area (Å²) in [5.41, 5.74) is -0.335. The third kappa shape index (κ3) is 6.77. The summed E-state index contributed by atoms with van der Waals surface area (Å²) in [5, 5.41) is 2.33. The van der Waals surface area contributed by atoms with Gasteiger partial charge in [-0.3, -0.25) is 4.79 Å². The minimum absolute atomic E-state index is 0.208. The predicted octanol–water partition coefficient (Wildman–Crippen LogP) is 4.97. The molecule has 1 aromatic carbocycles. The molecule has 0 unspecified atom stereocenters. The molecule has 0 saturated carbocycles. The van der Waals surface area contributed by atoms with E-state index >= 15 is 0 Å². The summed E-state index contributed by atoms with van der Waals surface area (Å²) in [7, 11) is 1.89. The van der Waals surface area contributed by atoms with E-state index in [1.54, 1.807) is 18.7 Å². The Kier molecular flexibility index (Phi) is 8.35. The Morgan fingerprint density at radius 2 is 1.72 bits per heavy atom. The number of urea groups is 1. The largest absolute Gasteiger partial charge is 0.418 e. The van der Waals surface area contributed by atoms with Gasteiger partial charge >= 0.3 is 12.2 Å². The number of aryl methyl sites for hydroxylation is 1. The highest BCUT2D eigenvalue weighted by Crippen LogP contribution is 2.34. The molecule has 1 N–H and O–H groups in total. The van der Waals surface area contributed by atoms with Gasteiger partial charge in [0.15, 0.2) is 0 Å². The lowest BCUT2D eigenvalue weighted by molar-refractivity contribution is -0.137. The lowest BCUT2D eigenvalue weighted by Crippen LogP contribution is -2.48. The molecule has 0 fully saturated rings. The molecule has 2 aromatic rings. The van der Waals surface area contributed by atoms with Crippen LogP contribution in [0.3, 0.4) is 0 Å². The quantitative estimate of drug-likeness (QED) is 0.615. The number of carbonyl (C=O) groups excluding carboxylic acids is 2. The number of rotatable bonds is 8. The van der Waals surface area contributed by atoms with Crippen LogP contribution in [0.25, 0.3) is 0 Å². The number of aromatic nitrogens is 1. The highest BCUT2D eigenvalue weighted by Gasteiger charge is 2.34. The van der Waals surface area contributed by atoms with E-state index in [0.29, 0.717) is 13.1 Å². The smallest absolute Gasteiger partial charge is 0.353 e. The van der Waals surface area contributed by atoms with Crippen molar-refractivity contribution in [2.75, 3.05) is 18.4 Å². The molecule has 0 aliphatic heterocycles. The third-order valence-electron chi connectivity index (χ3n) is 5.01. The van der Waals surface area contributed by atoms with E-state index in [1.165, 1.54) is 23.1 Å². The summed E-state index contributed by atoms with van der Waals surface area (Å²) >= 11 is 0. The fraction of sp³-hybridized carbons (Fsp3) is 0.478. The van der Waals surface area contributed by atoms with Crippen molar-refractivity contribution in [2.45, 2.75) is 46.5 Å². The first kappa shape index (κ1) is 25.3. The number of hydrogen-bond acceptors (Lipinski definition) is 2. The zero-order valence-electron chi connectivity index (χ0n) is 19.1. The van der Waals surface area contributed by atoms with E-state index in [4.69, 9.17) is 0 Å². The fourth-order valence-electron chi connectivity index (χ4n) is 3.31. The number of halogens is 3. The van der Waals surface area contributed by atoms with E-state index in [-0.39, 0.29) is 24.1 Å². The van der Waals surface area contributed by atoms with Crippen LogP contribution in [0.5, 0.6) is 0 Å². The van der Waals surface area contributed by atoms with Crippen molar-refractivity contribution in [3.8, 4) is 0 Å². The highest BCUT2D eigenvalue weighted by atomic mass is 19.4. The van der Waals surface area contributed by atoms with Crippen LogP contribution in [-0.2, 0) is 24.6 Å². The molecule has 9 heteroatoms. The van der Waals surface area contributed by atoms with Crippen molar-refractivity contribution in [1.82, 2.24) is 14.4 Å². The summed E-state index contributed by atoms with van der Waals surface area (Å²) < 4.78 is 41.8. The van der Waals surface area contributed by atoms with Gasteiger partial charge < -0.3 is 19.7 Å². The Balaban J connectivity index is 2.19. The summed E-state index contributed by atoms with van der Waals surface area (Å²) in [6.45, 7) is 8.05. The minimum Gasteiger partial charge on any atom is -0.353 e. The van der Waals surface area contributed by atoms with Gasteiger partial charge in [0.2, 0.25) is 5.91 Å². The molecule has 1 aromatic heterocycles. The van der Waals surface area contributed by atoms with Crippen molar-refractivity contribution in [1.29, 1.82) is 0 Å². The van der Waals surface area contributed by atoms with Crippen molar-refractivity contribution < 1.29 is 22.8 Å². The van der Waals surface area contributed by atoms with Crippen LogP contribution in [-0.4, -0.2) is 45.4 Å². The number of hydrogen-bond donors (Lipinski definition) is 1. The maximum Gasteiger partial charge on any atom is 0.418 e. The molecule has 176 valence electrons. The lowest BCUT2D eigenvalue weighted by atomic mass is 10.1. The molecule has 2 rings (SSSR count). The number of alkyl halides is 3. The van der Waals surface area contributed by atoms with Crippen molar-refractivity contribution in [3.63, 3.8) is 0 Å². The SMILES string of the molecule is CC(C)CN(Cc1cccn1C)C(=O)CN(C(=O)Nc1ccccc1C(F)(F)F)C(C)C. The number of carbonyl (C=O) groups is 2. The van der Waals surface area contributed by atoms with Crippen LogP contribution in [0.4, 0.5) is 23.7 Å². The number of nitrogens with one attached hydrogen (secondary N) is 1. The van der Waals surface area contributed by atoms with Crippen LogP contribution in [0.2, 0.25) is 0 Å². The molecule has 0 spiro atoms. The maximum atomic E-state index is 13.3. The second-order valence-corrected chi connectivity index (χ2v) is 8.47. The van der Waals surface area contributed by atoms with Gasteiger partial charge in [-0.25, -0.2) is 4.79 Å². The van der Waals surface area contributed by atoms with Gasteiger partial charge in [-0.1, -0.05) is 26.0 Å². The highest BCUT2D eigenvalue weighted by molar-refractivity contribution is 5.93. The van der Waals surface area contributed by atoms with Crippen molar-refractivity contribution in [2.24, 2.45) is 13.0 Å². The van der Waals surface area contributed by atoms with Gasteiger partial charge in [0, 0.05) is 31.5 Å². The van der Waals surface area contributed by atoms with Gasteiger partial charge in [-0.15, -0.1) is 0 Å². The van der Waals surface area contributed by atoms with E-state index in [1.807, 2.05) is 43.8 Å². The van der Waals surface area contributed by atoms with Gasteiger partial charge in [-0.2, -0.15) is 13.2 Å². The Morgan fingerprint density at radius 1 is 1.06 bits per heavy atom. The second kappa shape index (κ2) is 10.6. The monoisotopic (exact) mass is 452 g/mol. The van der Waals surface area contributed by atoms with Gasteiger partial charge in [-0.05, 0) is 44.0 Å². The average molecular weight is 453 g/mol. The Labute approximate surface area is 187 Å². The summed E-state index contributed by atoms with van der Waals surface area (Å²) in [4.78, 5) is 28.9. The van der Waals surface area contributed by atoms with E-state index in [9.17, 15) is 22.8 Å². The fourth-order valence-corrected chi connectivity index (χ4v) is 3.31. The maximum absolute atomic E-state index is 13.3. The molecule has 0 radical (unpaired) electrons. The topological polar surface area (TPSA) is 57.6 Å². The first-order valence-corrected chi connectivity index (χ1v) is 10.5. The standard InChI is InChI=1S/C23H31F3N4O2/c1-16(2)13-29(14-18-9-8-12-28(18)5)21(31)15-30(17(3)4)22(32)27-20-11-7-6-10-19(20)23(24,25)26/h6-12,16-17H,13-15H2,1-5H3,(H,27,32). The molecule has 0 bridgehead atoms. The van der Waals surface area contributed by atoms with Crippen LogP contribution < -0.4 is 5.32 Å². The molecule has 0 atom stereocenters. The number of para-hydroxylation sites is 1. The van der Waals surface area contributed by atoms with Crippen molar-refractivity contribution >= 4 is 17.6 Å². The van der Waals surface area contributed by atoms with E-state index < -0.39 is 23.8 Å². The van der Waals surface area contributed by atoms with Gasteiger partial charge in [0.1, 0.15) is 6.54 Å². The second-order valence-electron chi connectivity index (χ2n) is 8.47. The van der Waals surface area contributed by atoms with Crippen LogP contribution >= 0.6 is 0 Å². The first-order valence-electron chi connectivity index (χ1n) is 10.5. The molecular weight excluding hydrogens is 421 g/mol. The average Bonchev–Trinajstić information content (AvgIpc) is 3.08. The minimum atomic E-state index is -4.61. The Morgan fingerprint density at radius 3 is 2.25 bits per heavy atom. The molecule has 32 heavy (non-hydrogen) atoms. The molecule has 6 nitrogen and oxygen atoms in total. The number of anilines is 1. The van der Waals surface area contributed by atoms with Crippen LogP contribution in [0.15, 0.2) is 42.6 Å². The predicted molar refractivity (Wildman–Crippen MR) is 118 cm³/mol. The Hall–Kier alpha value is -2.97. The van der Waals surface area contributed by atoms with Gasteiger partial charge in [0.25, 0.3) is 0 Å². The molecule has 0 aliphatic carbocycles. The molecule has 0 aliphatic rings. The molecule has 0 saturated heterocycles. The van der Waals surface area contributed by atoms with Crippen LogP contribution in [0.1, 0.15) is 39.0 Å². The molecule has 1 heterocycles. The lowest BCUT2D eigenvalue weighted by Gasteiger charge is -2.31. The summed E-state index contributed by atoms with van der Waals surface area (Å²) in [6, 6.07) is 7.43. The number of benzene rings is 1. The first-order chi connectivity index (χ1) is 14.9. The zero-order valence-corrected chi connectivity index (χ0v) is 19.1. The van der Waals surface area contributed by atoms with Gasteiger partial charge in [0.05, 0.1) is 17.8 Å². The molecule has 3 amide bonds.